The Morgan fingerprint density at radius 3 is 2.04 bits per heavy atom. The van der Waals surface area contributed by atoms with Crippen molar-refractivity contribution in [1.29, 1.82) is 0 Å². The molecular formula is C20H17NO2. The van der Waals surface area contributed by atoms with E-state index in [0.29, 0.717) is 0 Å². The monoisotopic (exact) mass is 303 g/mol. The number of hydrogen-bond donors (Lipinski definition) is 1. The highest BCUT2D eigenvalue weighted by molar-refractivity contribution is 5.94. The predicted molar refractivity (Wildman–Crippen MR) is 92.3 cm³/mol. The number of aromatic nitrogens is 1. The zero-order chi connectivity index (χ0) is 16.1. The van der Waals surface area contributed by atoms with E-state index in [1.54, 1.807) is 6.08 Å². The van der Waals surface area contributed by atoms with Crippen molar-refractivity contribution in [3.05, 3.63) is 84.7 Å². The number of aliphatic hydroxyl groups is 1. The largest absolute Gasteiger partial charge is 0.388 e. The normalized spacial score (nSPS) is 11.0. The van der Waals surface area contributed by atoms with Crippen LogP contribution in [0.5, 0.6) is 0 Å². The van der Waals surface area contributed by atoms with Crippen molar-refractivity contribution >= 4 is 11.9 Å². The van der Waals surface area contributed by atoms with E-state index >= 15 is 0 Å². The minimum absolute atomic E-state index is 0.297. The summed E-state index contributed by atoms with van der Waals surface area (Å²) in [7, 11) is 0. The zero-order valence-electron chi connectivity index (χ0n) is 12.6. The Hall–Kier alpha value is -2.91. The van der Waals surface area contributed by atoms with Gasteiger partial charge in [-0.1, -0.05) is 42.5 Å². The molecule has 0 aliphatic rings. The molecule has 3 aromatic rings. The molecule has 0 aliphatic carbocycles. The Balaban J connectivity index is 1.77. The maximum atomic E-state index is 11.1. The van der Waals surface area contributed by atoms with Crippen molar-refractivity contribution in [3.63, 3.8) is 0 Å². The van der Waals surface area contributed by atoms with E-state index in [0.717, 1.165) is 22.4 Å². The lowest BCUT2D eigenvalue weighted by Crippen LogP contribution is -1.97. The van der Waals surface area contributed by atoms with Crippen LogP contribution in [0.4, 0.5) is 0 Å². The lowest BCUT2D eigenvalue weighted by atomic mass is 10.0. The van der Waals surface area contributed by atoms with Crippen LogP contribution in [-0.2, 0) is 4.79 Å². The minimum Gasteiger partial charge on any atom is -0.388 e. The molecule has 0 atom stereocenters. The number of carbonyl (C=O) groups excluding carboxylic acids is 1. The molecule has 0 saturated carbocycles. The first-order valence-electron chi connectivity index (χ1n) is 7.42. The summed E-state index contributed by atoms with van der Waals surface area (Å²) in [5.74, 6) is -0.297. The SMILES string of the molecule is O=C(/C=C/c1ccc(-c2ccc(-n3cccc3)cc2)cc1)CO. The van der Waals surface area contributed by atoms with Crippen LogP contribution >= 0.6 is 0 Å². The fourth-order valence-corrected chi connectivity index (χ4v) is 2.36. The predicted octanol–water partition coefficient (Wildman–Crippen LogP) is 3.72. The number of hydrogen-bond acceptors (Lipinski definition) is 2. The van der Waals surface area contributed by atoms with Gasteiger partial charge in [0.05, 0.1) is 0 Å². The molecule has 1 heterocycles. The van der Waals surface area contributed by atoms with Gasteiger partial charge in [0.2, 0.25) is 0 Å². The van der Waals surface area contributed by atoms with E-state index in [4.69, 9.17) is 5.11 Å². The molecule has 3 heteroatoms. The van der Waals surface area contributed by atoms with Gasteiger partial charge in [0.25, 0.3) is 0 Å². The van der Waals surface area contributed by atoms with Crippen LogP contribution in [0.25, 0.3) is 22.9 Å². The third-order valence-electron chi connectivity index (χ3n) is 3.63. The Morgan fingerprint density at radius 1 is 0.913 bits per heavy atom. The average Bonchev–Trinajstić information content (AvgIpc) is 3.15. The molecule has 0 saturated heterocycles. The molecule has 3 rings (SSSR count). The molecule has 0 spiro atoms. The van der Waals surface area contributed by atoms with Gasteiger partial charge in [-0.05, 0) is 47.0 Å². The lowest BCUT2D eigenvalue weighted by molar-refractivity contribution is -0.117. The Labute approximate surface area is 135 Å². The fourth-order valence-electron chi connectivity index (χ4n) is 2.36. The lowest BCUT2D eigenvalue weighted by Gasteiger charge is -2.06. The molecule has 114 valence electrons. The molecule has 0 unspecified atom stereocenters. The molecule has 1 N–H and O–H groups in total. The van der Waals surface area contributed by atoms with E-state index in [1.807, 2.05) is 48.8 Å². The van der Waals surface area contributed by atoms with Gasteiger partial charge in [0.1, 0.15) is 6.61 Å². The van der Waals surface area contributed by atoms with Crippen LogP contribution in [0.15, 0.2) is 79.1 Å². The number of rotatable bonds is 5. The summed E-state index contributed by atoms with van der Waals surface area (Å²) in [6.45, 7) is -0.456. The molecule has 0 amide bonds. The topological polar surface area (TPSA) is 42.2 Å². The van der Waals surface area contributed by atoms with Crippen molar-refractivity contribution in [1.82, 2.24) is 4.57 Å². The van der Waals surface area contributed by atoms with Crippen LogP contribution in [0, 0.1) is 0 Å². The molecule has 0 aliphatic heterocycles. The second-order valence-corrected chi connectivity index (χ2v) is 5.22. The summed E-state index contributed by atoms with van der Waals surface area (Å²) in [4.78, 5) is 11.1. The second kappa shape index (κ2) is 6.90. The Bertz CT molecular complexity index is 798. The minimum atomic E-state index is -0.456. The molecular weight excluding hydrogens is 286 g/mol. The molecule has 0 fully saturated rings. The van der Waals surface area contributed by atoms with E-state index in [-0.39, 0.29) is 5.78 Å². The van der Waals surface area contributed by atoms with Crippen molar-refractivity contribution < 1.29 is 9.90 Å². The highest BCUT2D eigenvalue weighted by Gasteiger charge is 1.99. The quantitative estimate of drug-likeness (QED) is 0.730. The van der Waals surface area contributed by atoms with Crippen LogP contribution in [0.3, 0.4) is 0 Å². The van der Waals surface area contributed by atoms with Crippen molar-refractivity contribution in [2.75, 3.05) is 6.61 Å². The number of ketones is 1. The van der Waals surface area contributed by atoms with Gasteiger partial charge in [-0.25, -0.2) is 0 Å². The van der Waals surface area contributed by atoms with Gasteiger partial charge >= 0.3 is 0 Å². The number of nitrogens with zero attached hydrogens (tertiary/aromatic N) is 1. The summed E-state index contributed by atoms with van der Waals surface area (Å²) in [6.07, 6.45) is 7.13. The average molecular weight is 303 g/mol. The number of carbonyl (C=O) groups is 1. The summed E-state index contributed by atoms with van der Waals surface area (Å²) in [6, 6.07) is 20.3. The summed E-state index contributed by atoms with van der Waals surface area (Å²) in [5, 5.41) is 8.69. The summed E-state index contributed by atoms with van der Waals surface area (Å²) >= 11 is 0. The van der Waals surface area contributed by atoms with Crippen LogP contribution in [0.2, 0.25) is 0 Å². The second-order valence-electron chi connectivity index (χ2n) is 5.22. The molecule has 23 heavy (non-hydrogen) atoms. The van der Waals surface area contributed by atoms with Crippen LogP contribution < -0.4 is 0 Å². The first-order valence-corrected chi connectivity index (χ1v) is 7.42. The molecule has 0 bridgehead atoms. The smallest absolute Gasteiger partial charge is 0.181 e. The molecule has 3 nitrogen and oxygen atoms in total. The van der Waals surface area contributed by atoms with Gasteiger partial charge in [-0.15, -0.1) is 0 Å². The van der Waals surface area contributed by atoms with Gasteiger partial charge in [-0.2, -0.15) is 0 Å². The van der Waals surface area contributed by atoms with Gasteiger partial charge in [0.15, 0.2) is 5.78 Å². The summed E-state index contributed by atoms with van der Waals surface area (Å²) in [5.41, 5.74) is 4.32. The first kappa shape index (κ1) is 15.0. The number of benzene rings is 2. The summed E-state index contributed by atoms with van der Waals surface area (Å²) < 4.78 is 2.07. The van der Waals surface area contributed by atoms with E-state index < -0.39 is 6.61 Å². The third kappa shape index (κ3) is 3.65. The van der Waals surface area contributed by atoms with Crippen LogP contribution in [-0.4, -0.2) is 22.1 Å². The Kier molecular flexibility index (Phi) is 4.50. The van der Waals surface area contributed by atoms with Crippen molar-refractivity contribution in [3.8, 4) is 16.8 Å². The van der Waals surface area contributed by atoms with E-state index in [9.17, 15) is 4.79 Å². The maximum Gasteiger partial charge on any atom is 0.181 e. The molecule has 0 radical (unpaired) electrons. The Morgan fingerprint density at radius 2 is 1.48 bits per heavy atom. The van der Waals surface area contributed by atoms with Gasteiger partial charge in [-0.3, -0.25) is 4.79 Å². The zero-order valence-corrected chi connectivity index (χ0v) is 12.6. The van der Waals surface area contributed by atoms with Crippen molar-refractivity contribution in [2.45, 2.75) is 0 Å². The van der Waals surface area contributed by atoms with Gasteiger partial charge in [0, 0.05) is 18.1 Å². The maximum absolute atomic E-state index is 11.1. The highest BCUT2D eigenvalue weighted by atomic mass is 16.3. The fraction of sp³-hybridized carbons (Fsp3) is 0.0500. The van der Waals surface area contributed by atoms with Crippen molar-refractivity contribution in [2.24, 2.45) is 0 Å². The number of aliphatic hydroxyl groups excluding tert-OH is 1. The highest BCUT2D eigenvalue weighted by Crippen LogP contribution is 2.22. The van der Waals surface area contributed by atoms with Gasteiger partial charge < -0.3 is 9.67 Å². The third-order valence-corrected chi connectivity index (χ3v) is 3.63. The molecule has 1 aromatic heterocycles. The van der Waals surface area contributed by atoms with Crippen LogP contribution in [0.1, 0.15) is 5.56 Å². The standard InChI is InChI=1S/C20H17NO2/c22-15-20(23)12-5-16-3-6-17(7-4-16)18-8-10-19(11-9-18)21-13-1-2-14-21/h1-14,22H,15H2/b12-5+. The van der Waals surface area contributed by atoms with E-state index in [1.165, 1.54) is 6.08 Å². The first-order chi connectivity index (χ1) is 11.3. The molecule has 2 aromatic carbocycles. The van der Waals surface area contributed by atoms with E-state index in [2.05, 4.69) is 28.8 Å².